The summed E-state index contributed by atoms with van der Waals surface area (Å²) in [5, 5.41) is 2.87. The lowest BCUT2D eigenvalue weighted by Crippen LogP contribution is -2.30. The van der Waals surface area contributed by atoms with Crippen LogP contribution in [0.4, 0.5) is 14.6 Å². The Morgan fingerprint density at radius 1 is 1.19 bits per heavy atom. The van der Waals surface area contributed by atoms with E-state index >= 15 is 0 Å². The molecule has 1 amide bonds. The lowest BCUT2D eigenvalue weighted by Gasteiger charge is -2.14. The van der Waals surface area contributed by atoms with Crippen molar-refractivity contribution in [2.24, 2.45) is 0 Å². The van der Waals surface area contributed by atoms with Crippen LogP contribution in [0.3, 0.4) is 0 Å². The number of hydrogen-bond donors (Lipinski definition) is 1. The van der Waals surface area contributed by atoms with Gasteiger partial charge in [0, 0.05) is 6.20 Å². The molecule has 27 heavy (non-hydrogen) atoms. The summed E-state index contributed by atoms with van der Waals surface area (Å²) in [7, 11) is 1.23. The summed E-state index contributed by atoms with van der Waals surface area (Å²) in [6, 6.07) is 6.56. The van der Waals surface area contributed by atoms with E-state index in [9.17, 15) is 18.4 Å². The van der Waals surface area contributed by atoms with Crippen molar-refractivity contribution in [3.05, 3.63) is 47.1 Å². The predicted octanol–water partition coefficient (Wildman–Crippen LogP) is 3.53. The summed E-state index contributed by atoms with van der Waals surface area (Å²) in [5.41, 5.74) is -0.00210. The van der Waals surface area contributed by atoms with Crippen molar-refractivity contribution in [1.29, 1.82) is 0 Å². The number of halogens is 3. The molecule has 0 saturated carbocycles. The zero-order chi connectivity index (χ0) is 20.0. The molecule has 0 saturated heterocycles. The number of amides is 1. The molecule has 0 radical (unpaired) electrons. The number of benzene rings is 1. The Balaban J connectivity index is 2.02. The van der Waals surface area contributed by atoms with E-state index in [4.69, 9.17) is 21.1 Å². The van der Waals surface area contributed by atoms with E-state index in [2.05, 4.69) is 15.0 Å². The van der Waals surface area contributed by atoms with Gasteiger partial charge in [-0.25, -0.2) is 9.78 Å². The van der Waals surface area contributed by atoms with E-state index in [1.807, 2.05) is 0 Å². The van der Waals surface area contributed by atoms with Crippen molar-refractivity contribution in [2.75, 3.05) is 12.4 Å². The van der Waals surface area contributed by atoms with Crippen LogP contribution < -0.4 is 14.8 Å². The molecule has 0 aliphatic heterocycles. The van der Waals surface area contributed by atoms with Gasteiger partial charge in [-0.3, -0.25) is 4.79 Å². The molecule has 144 valence electrons. The smallest absolute Gasteiger partial charge is 0.387 e. The fourth-order valence-electron chi connectivity index (χ4n) is 1.95. The zero-order valence-corrected chi connectivity index (χ0v) is 15.0. The number of carbonyl (C=O) groups is 2. The SMILES string of the molecule is COc1cc(C(=O)O[C@H](C)C(=O)Nc2ccc(Cl)cn2)ccc1OC(F)F. The van der Waals surface area contributed by atoms with E-state index in [1.165, 1.54) is 44.5 Å². The molecule has 1 N–H and O–H groups in total. The summed E-state index contributed by atoms with van der Waals surface area (Å²) in [4.78, 5) is 28.1. The highest BCUT2D eigenvalue weighted by Crippen LogP contribution is 2.29. The molecular formula is C17H15ClF2N2O5. The topological polar surface area (TPSA) is 86.8 Å². The van der Waals surface area contributed by atoms with Gasteiger partial charge >= 0.3 is 12.6 Å². The number of aromatic nitrogens is 1. The summed E-state index contributed by atoms with van der Waals surface area (Å²) in [6.45, 7) is -1.67. The predicted molar refractivity (Wildman–Crippen MR) is 92.4 cm³/mol. The van der Waals surface area contributed by atoms with Crippen LogP contribution >= 0.6 is 11.6 Å². The number of nitrogens with zero attached hydrogens (tertiary/aromatic N) is 1. The number of rotatable bonds is 7. The number of pyridine rings is 1. The number of anilines is 1. The van der Waals surface area contributed by atoms with Gasteiger partial charge in [0.15, 0.2) is 17.6 Å². The first-order valence-electron chi connectivity index (χ1n) is 7.56. The Morgan fingerprint density at radius 2 is 1.93 bits per heavy atom. The monoisotopic (exact) mass is 400 g/mol. The average molecular weight is 401 g/mol. The Labute approximate surface area is 158 Å². The number of esters is 1. The highest BCUT2D eigenvalue weighted by atomic mass is 35.5. The van der Waals surface area contributed by atoms with Gasteiger partial charge in [0.05, 0.1) is 17.7 Å². The van der Waals surface area contributed by atoms with Gasteiger partial charge < -0.3 is 19.5 Å². The van der Waals surface area contributed by atoms with Crippen LogP contribution in [0, 0.1) is 0 Å². The van der Waals surface area contributed by atoms with Crippen molar-refractivity contribution < 1.29 is 32.6 Å². The van der Waals surface area contributed by atoms with Gasteiger partial charge in [-0.1, -0.05) is 11.6 Å². The van der Waals surface area contributed by atoms with Gasteiger partial charge in [0.1, 0.15) is 5.82 Å². The van der Waals surface area contributed by atoms with Crippen LogP contribution in [0.25, 0.3) is 0 Å². The van der Waals surface area contributed by atoms with Gasteiger partial charge in [0.25, 0.3) is 5.91 Å². The maximum Gasteiger partial charge on any atom is 0.387 e. The molecule has 1 aromatic carbocycles. The first-order chi connectivity index (χ1) is 12.8. The molecule has 0 unspecified atom stereocenters. The highest BCUT2D eigenvalue weighted by molar-refractivity contribution is 6.30. The molecule has 1 aromatic heterocycles. The van der Waals surface area contributed by atoms with Crippen molar-refractivity contribution >= 4 is 29.3 Å². The Morgan fingerprint density at radius 3 is 2.52 bits per heavy atom. The average Bonchev–Trinajstić information content (AvgIpc) is 2.63. The minimum absolute atomic E-state index is 0.00210. The number of carbonyl (C=O) groups excluding carboxylic acids is 2. The molecule has 0 bridgehead atoms. The maximum atomic E-state index is 12.3. The molecule has 1 atom stereocenters. The molecule has 1 heterocycles. The first kappa shape index (κ1) is 20.4. The van der Waals surface area contributed by atoms with E-state index in [-0.39, 0.29) is 22.9 Å². The minimum atomic E-state index is -3.04. The van der Waals surface area contributed by atoms with Crippen molar-refractivity contribution in [3.63, 3.8) is 0 Å². The zero-order valence-electron chi connectivity index (χ0n) is 14.2. The molecule has 0 aliphatic carbocycles. The van der Waals surface area contributed by atoms with E-state index in [1.54, 1.807) is 0 Å². The van der Waals surface area contributed by atoms with Crippen LogP contribution in [-0.4, -0.2) is 36.7 Å². The van der Waals surface area contributed by atoms with Gasteiger partial charge in [-0.15, -0.1) is 0 Å². The third kappa shape index (κ3) is 5.78. The van der Waals surface area contributed by atoms with Crippen LogP contribution in [-0.2, 0) is 9.53 Å². The molecule has 0 aliphatic rings. The molecule has 10 heteroatoms. The van der Waals surface area contributed by atoms with Crippen LogP contribution in [0.15, 0.2) is 36.5 Å². The lowest BCUT2D eigenvalue weighted by atomic mass is 10.2. The number of alkyl halides is 2. The fourth-order valence-corrected chi connectivity index (χ4v) is 2.06. The summed E-state index contributed by atoms with van der Waals surface area (Å²) < 4.78 is 38.9. The molecule has 2 aromatic rings. The molecule has 0 fully saturated rings. The Hall–Kier alpha value is -2.94. The van der Waals surface area contributed by atoms with Crippen LogP contribution in [0.2, 0.25) is 5.02 Å². The molecular weight excluding hydrogens is 386 g/mol. The maximum absolute atomic E-state index is 12.3. The summed E-state index contributed by atoms with van der Waals surface area (Å²) in [5.74, 6) is -1.52. The van der Waals surface area contributed by atoms with E-state index in [0.29, 0.717) is 5.02 Å². The summed E-state index contributed by atoms with van der Waals surface area (Å²) in [6.07, 6.45) is 0.210. The second-order valence-corrected chi connectivity index (χ2v) is 5.58. The highest BCUT2D eigenvalue weighted by Gasteiger charge is 2.21. The number of methoxy groups -OCH3 is 1. The first-order valence-corrected chi connectivity index (χ1v) is 7.94. The van der Waals surface area contributed by atoms with Crippen molar-refractivity contribution in [2.45, 2.75) is 19.6 Å². The second-order valence-electron chi connectivity index (χ2n) is 5.14. The third-order valence-corrected chi connectivity index (χ3v) is 3.47. The largest absolute Gasteiger partial charge is 0.493 e. The number of nitrogens with one attached hydrogen (secondary N) is 1. The quantitative estimate of drug-likeness (QED) is 0.715. The van der Waals surface area contributed by atoms with Crippen LogP contribution in [0.1, 0.15) is 17.3 Å². The third-order valence-electron chi connectivity index (χ3n) is 3.25. The molecule has 0 spiro atoms. The van der Waals surface area contributed by atoms with Gasteiger partial charge in [-0.05, 0) is 37.3 Å². The Kier molecular flexibility index (Phi) is 6.89. The van der Waals surface area contributed by atoms with Crippen LogP contribution in [0.5, 0.6) is 11.5 Å². The second kappa shape index (κ2) is 9.13. The molecule has 7 nitrogen and oxygen atoms in total. The Bertz CT molecular complexity index is 817. The van der Waals surface area contributed by atoms with Crippen molar-refractivity contribution in [1.82, 2.24) is 4.98 Å². The standard InChI is InChI=1S/C17H15ClF2N2O5/c1-9(15(23)22-14-6-4-11(18)8-21-14)26-16(24)10-3-5-12(27-17(19)20)13(7-10)25-2/h3-9,17H,1-2H3,(H,21,22,23)/t9-/m1/s1. The van der Waals surface area contributed by atoms with E-state index < -0.39 is 24.6 Å². The number of hydrogen-bond acceptors (Lipinski definition) is 6. The van der Waals surface area contributed by atoms with Gasteiger partial charge in [-0.2, -0.15) is 8.78 Å². The van der Waals surface area contributed by atoms with Crippen molar-refractivity contribution in [3.8, 4) is 11.5 Å². The molecule has 2 rings (SSSR count). The normalized spacial score (nSPS) is 11.6. The minimum Gasteiger partial charge on any atom is -0.493 e. The van der Waals surface area contributed by atoms with Gasteiger partial charge in [0.2, 0.25) is 0 Å². The fraction of sp³-hybridized carbons (Fsp3) is 0.235. The van der Waals surface area contributed by atoms with E-state index in [0.717, 1.165) is 6.07 Å². The summed E-state index contributed by atoms with van der Waals surface area (Å²) >= 11 is 5.71. The number of ether oxygens (including phenoxy) is 3. The lowest BCUT2D eigenvalue weighted by molar-refractivity contribution is -0.123.